The van der Waals surface area contributed by atoms with Crippen LogP contribution >= 0.6 is 0 Å². The maximum absolute atomic E-state index is 2.62. The van der Waals surface area contributed by atoms with Gasteiger partial charge in [-0.3, -0.25) is 0 Å². The van der Waals surface area contributed by atoms with Gasteiger partial charge in [0.2, 0.25) is 0 Å². The molecule has 0 nitrogen and oxygen atoms in total. The fourth-order valence-electron chi connectivity index (χ4n) is 6.46. The number of fused-ring (bicyclic) bond motifs is 6. The van der Waals surface area contributed by atoms with Crippen molar-refractivity contribution in [2.45, 2.75) is 55.6 Å². The van der Waals surface area contributed by atoms with Crippen molar-refractivity contribution in [2.24, 2.45) is 5.41 Å². The summed E-state index contributed by atoms with van der Waals surface area (Å²) in [7, 11) is 0. The van der Waals surface area contributed by atoms with Crippen molar-refractivity contribution in [1.29, 1.82) is 0 Å². The van der Waals surface area contributed by atoms with Gasteiger partial charge in [0.1, 0.15) is 0 Å². The molecule has 0 aromatic heterocycles. The molecule has 2 atom stereocenters. The van der Waals surface area contributed by atoms with E-state index in [-0.39, 0.29) is 5.41 Å². The van der Waals surface area contributed by atoms with E-state index in [0.29, 0.717) is 0 Å². The van der Waals surface area contributed by atoms with E-state index in [4.69, 9.17) is 0 Å². The van der Waals surface area contributed by atoms with Gasteiger partial charge in [-0.15, -0.1) is 0 Å². The van der Waals surface area contributed by atoms with Crippen LogP contribution in [0.2, 0.25) is 34.5 Å². The van der Waals surface area contributed by atoms with Gasteiger partial charge in [0, 0.05) is 0 Å². The minimum atomic E-state index is -2.04. The monoisotopic (exact) mass is 596 g/mol. The third-order valence-electron chi connectivity index (χ3n) is 7.38. The molecule has 2 unspecified atom stereocenters. The van der Waals surface area contributed by atoms with E-state index < -0.39 is 49.8 Å². The summed E-state index contributed by atoms with van der Waals surface area (Å²) in [6.07, 6.45) is 0. The van der Waals surface area contributed by atoms with E-state index in [0.717, 1.165) is 7.25 Å². The molecule has 1 aliphatic heterocycles. The molecular formula is C27H34Ge2Zr. The zero-order chi connectivity index (χ0) is 21.6. The predicted octanol–water partition coefficient (Wildman–Crippen LogP) is 7.88. The van der Waals surface area contributed by atoms with E-state index in [2.05, 4.69) is 96.9 Å². The summed E-state index contributed by atoms with van der Waals surface area (Å²) in [5, 5.41) is 0. The first-order chi connectivity index (χ1) is 13.9. The molecule has 5 rings (SSSR count). The Morgan fingerprint density at radius 2 is 1.00 bits per heavy atom. The Labute approximate surface area is 199 Å². The molecule has 0 bridgehead atoms. The number of allylic oxidation sites excluding steroid dienone is 2. The third-order valence-corrected chi connectivity index (χ3v) is 20.5. The van der Waals surface area contributed by atoms with E-state index in [1.165, 1.54) is 0 Å². The Bertz CT molecular complexity index is 1030. The van der Waals surface area contributed by atoms with Crippen molar-refractivity contribution in [1.82, 2.24) is 0 Å². The van der Waals surface area contributed by atoms with Crippen LogP contribution < -0.4 is 0 Å². The molecule has 2 aromatic rings. The maximum atomic E-state index is 2.62. The fourth-order valence-corrected chi connectivity index (χ4v) is 23.8. The summed E-state index contributed by atoms with van der Waals surface area (Å²) in [6, 6.07) is 19.1. The van der Waals surface area contributed by atoms with Crippen LogP contribution in [0, 0.1) is 5.41 Å². The van der Waals surface area contributed by atoms with Gasteiger partial charge < -0.3 is 0 Å². The van der Waals surface area contributed by atoms with E-state index in [9.17, 15) is 0 Å². The molecule has 0 spiro atoms. The molecule has 154 valence electrons. The Morgan fingerprint density at radius 3 is 1.37 bits per heavy atom. The van der Waals surface area contributed by atoms with Crippen LogP contribution in [0.25, 0.3) is 8.81 Å². The molecule has 0 N–H and O–H groups in total. The Morgan fingerprint density at radius 1 is 0.633 bits per heavy atom. The summed E-state index contributed by atoms with van der Waals surface area (Å²) in [5.74, 6) is 15.7. The number of hydrogen-bond donors (Lipinski definition) is 0. The van der Waals surface area contributed by atoms with Crippen molar-refractivity contribution in [2.75, 3.05) is 0 Å². The van der Waals surface area contributed by atoms with E-state index >= 15 is 0 Å². The summed E-state index contributed by atoms with van der Waals surface area (Å²) in [5.41, 5.74) is 10.6. The second kappa shape index (κ2) is 6.94. The topological polar surface area (TPSA) is 0 Å². The zero-order valence-electron chi connectivity index (χ0n) is 19.8. The van der Waals surface area contributed by atoms with Gasteiger partial charge >= 0.3 is 202 Å². The average molecular weight is 595 g/mol. The van der Waals surface area contributed by atoms with Crippen LogP contribution in [0.15, 0.2) is 59.7 Å². The molecular weight excluding hydrogens is 561 g/mol. The van der Waals surface area contributed by atoms with Gasteiger partial charge in [0.15, 0.2) is 0 Å². The number of rotatable bonds is 2. The molecule has 1 fully saturated rings. The van der Waals surface area contributed by atoms with Gasteiger partial charge in [-0.25, -0.2) is 0 Å². The average Bonchev–Trinajstić information content (AvgIpc) is 3.16. The fraction of sp³-hybridized carbons (Fsp3) is 0.407. The van der Waals surface area contributed by atoms with Crippen LogP contribution in [0.3, 0.4) is 0 Å². The van der Waals surface area contributed by atoms with Crippen molar-refractivity contribution in [3.05, 3.63) is 81.9 Å². The molecule has 0 saturated carbocycles. The third kappa shape index (κ3) is 3.01. The summed E-state index contributed by atoms with van der Waals surface area (Å²) < 4.78 is 5.25. The Balaban J connectivity index is 1.86. The SMILES string of the molecule is CC1(C)C2=[C]([Ge]([CH3])([CH3])[CH3])c3ccccc3[CH]2[Zr][CH]2C1=[C]([Ge]([CH3])([CH3])[CH3])c1ccccc12. The van der Waals surface area contributed by atoms with E-state index in [1.54, 1.807) is 22.3 Å². The standard InChI is InChI=1S/C27H34Ge2.Zr/c1-27(2,23-17-19-13-9-11-15-21(19)25(23)28(3,4)5)24-18-20-14-10-12-16-22(20)26(24)29(6,7)8;/h9-18H,1-8H3;. The summed E-state index contributed by atoms with van der Waals surface area (Å²) >= 11 is -4.80. The first-order valence-corrected chi connectivity index (χ1v) is 28.9. The van der Waals surface area contributed by atoms with Gasteiger partial charge in [0.25, 0.3) is 0 Å². The quantitative estimate of drug-likeness (QED) is 0.310. The Hall–Kier alpha value is -0.111. The number of hydrogen-bond acceptors (Lipinski definition) is 0. The summed E-state index contributed by atoms with van der Waals surface area (Å²) in [6.45, 7) is 5.21. The normalized spacial score (nSPS) is 24.3. The Kier molecular flexibility index (Phi) is 5.03. The van der Waals surface area contributed by atoms with Crippen molar-refractivity contribution in [3.8, 4) is 0 Å². The van der Waals surface area contributed by atoms with Crippen LogP contribution in [0.5, 0.6) is 0 Å². The van der Waals surface area contributed by atoms with Crippen molar-refractivity contribution >= 4 is 35.3 Å². The van der Waals surface area contributed by atoms with Crippen molar-refractivity contribution in [3.63, 3.8) is 0 Å². The molecule has 1 heterocycles. The zero-order valence-corrected chi connectivity index (χ0v) is 26.4. The van der Waals surface area contributed by atoms with Crippen LogP contribution in [-0.4, -0.2) is 26.5 Å². The van der Waals surface area contributed by atoms with Gasteiger partial charge in [-0.2, -0.15) is 0 Å². The molecule has 3 aliphatic rings. The van der Waals surface area contributed by atoms with Crippen LogP contribution in [-0.2, 0) is 23.2 Å². The number of benzene rings is 2. The molecule has 1 saturated heterocycles. The van der Waals surface area contributed by atoms with Gasteiger partial charge in [0.05, 0.1) is 0 Å². The molecule has 0 amide bonds. The first-order valence-electron chi connectivity index (χ1n) is 11.4. The molecule has 30 heavy (non-hydrogen) atoms. The molecule has 0 radical (unpaired) electrons. The second-order valence-electron chi connectivity index (χ2n) is 11.9. The van der Waals surface area contributed by atoms with Crippen LogP contribution in [0.1, 0.15) is 43.4 Å². The second-order valence-corrected chi connectivity index (χ2v) is 36.5. The molecule has 2 aromatic carbocycles. The van der Waals surface area contributed by atoms with Crippen molar-refractivity contribution < 1.29 is 23.2 Å². The molecule has 2 aliphatic carbocycles. The minimum absolute atomic E-state index is 0.189. The van der Waals surface area contributed by atoms with E-state index in [1.807, 2.05) is 20.0 Å². The predicted molar refractivity (Wildman–Crippen MR) is 133 cm³/mol. The van der Waals surface area contributed by atoms with Gasteiger partial charge in [-0.1, -0.05) is 0 Å². The first kappa shape index (κ1) is 21.7. The van der Waals surface area contributed by atoms with Crippen LogP contribution in [0.4, 0.5) is 0 Å². The summed E-state index contributed by atoms with van der Waals surface area (Å²) in [4.78, 5) is 0. The van der Waals surface area contributed by atoms with Gasteiger partial charge in [-0.05, 0) is 0 Å². The molecule has 3 heteroatoms.